The number of carbonyl (C=O) groups excluding carboxylic acids is 6. The number of halogens is 4. The number of nitrogens with two attached hydrogens (primary N) is 2. The largest absolute Gasteiger partial charge is 0.503 e. The SMILES string of the molecule is C1CCOC1.CC(C)(C)OC(=O)N(C(=O)OC(C)(C)C)c1ncncc1O.CC(C)Oc1cncnc1N.CC(C)Oc1cncnc1N(C(=O)OC(C)(C)C)C(=O)OC(C)(C)C.CC(C)Oc1cncnc1Nc1cc(Cl)c2n(c1=O)C1(CCCCC1)NC2=O.Cl.Nc1ncncc1O.O=C1NC2(CCCCC2)n2c1c(Cl)cc(Br)c2=O. The van der Waals surface area contributed by atoms with Crippen LogP contribution in [0, 0.1) is 0 Å². The van der Waals surface area contributed by atoms with Crippen LogP contribution in [0.5, 0.6) is 28.7 Å². The number of hydrogen-bond acceptors (Lipinski definition) is 31. The van der Waals surface area contributed by atoms with Gasteiger partial charge < -0.3 is 75.5 Å². The number of imide groups is 2. The number of carbonyl (C=O) groups is 6. The molecule has 3 aliphatic heterocycles. The van der Waals surface area contributed by atoms with Gasteiger partial charge in [0.2, 0.25) is 0 Å². The number of hydrogen-bond donors (Lipinski definition) is 7. The van der Waals surface area contributed by atoms with E-state index in [9.17, 15) is 43.5 Å². The van der Waals surface area contributed by atoms with Crippen molar-refractivity contribution in [3.05, 3.63) is 121 Å². The molecule has 7 aromatic rings. The average molecular weight is 1770 g/mol. The van der Waals surface area contributed by atoms with Crippen molar-refractivity contribution in [1.82, 2.24) is 69.6 Å². The van der Waals surface area contributed by atoms with Crippen LogP contribution in [0.4, 0.5) is 54.0 Å². The van der Waals surface area contributed by atoms with E-state index in [0.29, 0.717) is 56.1 Å². The van der Waals surface area contributed by atoms with Crippen LogP contribution in [0.15, 0.2) is 88.8 Å². The number of amides is 6. The molecule has 12 rings (SSSR count). The summed E-state index contributed by atoms with van der Waals surface area (Å²) >= 11 is 15.7. The molecule has 0 aromatic carbocycles. The fraction of sp³-hybridized carbons (Fsp3) is 0.532. The molecule has 2 aliphatic carbocycles. The van der Waals surface area contributed by atoms with Crippen molar-refractivity contribution in [2.24, 2.45) is 0 Å². The van der Waals surface area contributed by atoms with E-state index in [1.165, 1.54) is 73.4 Å². The van der Waals surface area contributed by atoms with E-state index in [1.807, 2.05) is 41.5 Å². The molecule has 3 fully saturated rings. The molecule has 6 amide bonds. The van der Waals surface area contributed by atoms with Gasteiger partial charge in [-0.05, 0) is 217 Å². The Morgan fingerprint density at radius 2 is 0.856 bits per heavy atom. The summed E-state index contributed by atoms with van der Waals surface area (Å²) in [5.41, 5.74) is 6.34. The quantitative estimate of drug-likeness (QED) is 0.0625. The number of aromatic nitrogens is 12. The highest BCUT2D eigenvalue weighted by molar-refractivity contribution is 9.10. The minimum Gasteiger partial charge on any atom is -0.503 e. The van der Waals surface area contributed by atoms with Gasteiger partial charge in [0.15, 0.2) is 57.8 Å². The zero-order valence-corrected chi connectivity index (χ0v) is 73.4. The predicted molar refractivity (Wildman–Crippen MR) is 446 cm³/mol. The average Bonchev–Trinajstić information content (AvgIpc) is 1.59. The Morgan fingerprint density at radius 1 is 0.500 bits per heavy atom. The molecule has 7 aromatic heterocycles. The van der Waals surface area contributed by atoms with E-state index in [4.69, 9.17) is 77.7 Å². The van der Waals surface area contributed by atoms with Crippen molar-refractivity contribution < 1.29 is 76.9 Å². The molecule has 1 saturated heterocycles. The zero-order chi connectivity index (χ0) is 87.1. The molecule has 0 unspecified atom stereocenters. The van der Waals surface area contributed by atoms with Crippen LogP contribution in [0.2, 0.25) is 10.0 Å². The first kappa shape index (κ1) is 98.0. The van der Waals surface area contributed by atoms with Crippen LogP contribution < -0.4 is 62.5 Å². The number of aromatic hydroxyl groups is 2. The summed E-state index contributed by atoms with van der Waals surface area (Å²) < 4.78 is 46.0. The van der Waals surface area contributed by atoms with Crippen LogP contribution >= 0.6 is 51.5 Å². The number of nitrogen functional groups attached to an aromatic ring is 2. The fourth-order valence-corrected chi connectivity index (χ4v) is 12.6. The van der Waals surface area contributed by atoms with Gasteiger partial charge in [-0.1, -0.05) is 36.0 Å². The van der Waals surface area contributed by atoms with E-state index in [1.54, 1.807) is 93.8 Å². The molecule has 2 saturated carbocycles. The Bertz CT molecular complexity index is 4610. The predicted octanol–water partition coefficient (Wildman–Crippen LogP) is 14.4. The number of fused-ring (bicyclic) bond motifs is 4. The monoisotopic (exact) mass is 1770 g/mol. The Labute approximate surface area is 708 Å². The first-order valence-corrected chi connectivity index (χ1v) is 39.2. The normalized spacial score (nSPS) is 14.6. The molecule has 646 valence electrons. The van der Waals surface area contributed by atoms with Gasteiger partial charge in [-0.2, -0.15) is 9.80 Å². The van der Waals surface area contributed by atoms with E-state index < -0.39 is 63.9 Å². The van der Waals surface area contributed by atoms with Crippen molar-refractivity contribution in [1.29, 1.82) is 0 Å². The van der Waals surface area contributed by atoms with E-state index in [0.717, 1.165) is 82.0 Å². The maximum atomic E-state index is 13.3. The number of anilines is 6. The molecule has 5 aliphatic rings. The molecule has 0 atom stereocenters. The standard InChI is InChI=1S/C19H22ClN5O3.C17H27N3O5.C14H21N3O5.C12H12BrClN2O2.C7H11N3O.C4H5N3O.C4H8O.ClH/c1-11(2)28-14-9-21-10-22-16(14)23-13-8-12(20)15-17(26)24-19(25(15)18(13)27)6-4-3-5-7-19;1-11(2)23-12-9-18-10-19-13(12)20(14(21)24-16(3,4)5)15(22)25-17(6,7)8;1-13(2,3)21-11(19)17(12(20)22-14(4,5)6)10-9(18)7-15-8-16-10;13-7-6-8(14)9-10(17)15-12(16(9)11(7)18)4-2-1-3-5-12;1-5(2)11-6-3-9-4-10-7(6)8;5-4-3(8)1-6-2-7-4;1-2-4-5-3-1;/h8-11H,3-7H2,1-2H3,(H,24,26)(H,21,22,23);9-11H,1-8H3;7-8,18H,1-6H3;6H,1-5H2,(H,15,17);3-5H,1-2H3,(H2,8,9,10);1-2,8H,(H2,5,6,7);1-4H2;1H. The number of pyridine rings is 2. The Balaban J connectivity index is 0.000000257. The summed E-state index contributed by atoms with van der Waals surface area (Å²) in [7, 11) is 0. The number of nitrogens with zero attached hydrogens (tertiary/aromatic N) is 14. The lowest BCUT2D eigenvalue weighted by Gasteiger charge is -2.35. The summed E-state index contributed by atoms with van der Waals surface area (Å²) in [6, 6.07) is 2.97. The molecule has 2 spiro atoms. The molecule has 0 bridgehead atoms. The van der Waals surface area contributed by atoms with Crippen molar-refractivity contribution in [3.63, 3.8) is 0 Å². The number of rotatable bonds is 10. The van der Waals surface area contributed by atoms with E-state index in [-0.39, 0.29) is 99.0 Å². The maximum absolute atomic E-state index is 13.3. The minimum absolute atomic E-state index is 0. The van der Waals surface area contributed by atoms with Gasteiger partial charge in [-0.15, -0.1) is 12.4 Å². The van der Waals surface area contributed by atoms with Crippen LogP contribution in [-0.4, -0.2) is 159 Å². The second kappa shape index (κ2) is 43.2. The molecule has 10 heterocycles. The van der Waals surface area contributed by atoms with Crippen LogP contribution in [0.25, 0.3) is 0 Å². The van der Waals surface area contributed by atoms with Gasteiger partial charge in [-0.25, -0.2) is 69.0 Å². The first-order chi connectivity index (χ1) is 54.7. The number of ether oxygens (including phenoxy) is 8. The lowest BCUT2D eigenvalue weighted by molar-refractivity contribution is 0.0405. The third-order valence-corrected chi connectivity index (χ3v) is 17.1. The lowest BCUT2D eigenvalue weighted by Crippen LogP contribution is -2.48. The van der Waals surface area contributed by atoms with Gasteiger partial charge in [0.1, 0.15) is 82.4 Å². The Hall–Kier alpha value is -10.6. The molecule has 118 heavy (non-hydrogen) atoms. The molecule has 41 heteroatoms. The molecular formula is C77H107BrCl3N19O18. The van der Waals surface area contributed by atoms with Crippen molar-refractivity contribution >= 4 is 123 Å². The third kappa shape index (κ3) is 28.9. The highest BCUT2D eigenvalue weighted by Gasteiger charge is 2.48. The third-order valence-electron chi connectivity index (χ3n) is 15.9. The highest BCUT2D eigenvalue weighted by Crippen LogP contribution is 2.41. The second-order valence-electron chi connectivity index (χ2n) is 31.6. The molecule has 9 N–H and O–H groups in total. The minimum atomic E-state index is -1.00. The van der Waals surface area contributed by atoms with Gasteiger partial charge in [0.05, 0.1) is 63.8 Å². The van der Waals surface area contributed by atoms with Gasteiger partial charge in [0, 0.05) is 13.2 Å². The van der Waals surface area contributed by atoms with Crippen LogP contribution in [0.1, 0.15) is 223 Å². The smallest absolute Gasteiger partial charge is 0.425 e. The van der Waals surface area contributed by atoms with Gasteiger partial charge >= 0.3 is 24.4 Å². The topological polar surface area (TPSA) is 484 Å². The zero-order valence-electron chi connectivity index (χ0n) is 69.4. The summed E-state index contributed by atoms with van der Waals surface area (Å²) in [6.45, 7) is 33.3. The first-order valence-electron chi connectivity index (χ1n) is 37.7. The lowest BCUT2D eigenvalue weighted by atomic mass is 9.89. The van der Waals surface area contributed by atoms with Crippen molar-refractivity contribution in [2.75, 3.05) is 39.8 Å². The highest BCUT2D eigenvalue weighted by atomic mass is 79.9. The maximum Gasteiger partial charge on any atom is 0.425 e. The number of nitrogens with one attached hydrogen (secondary N) is 3. The fourth-order valence-electron chi connectivity index (χ4n) is 11.5. The Kier molecular flexibility index (Phi) is 35.9. The van der Waals surface area contributed by atoms with Gasteiger partial charge in [-0.3, -0.25) is 28.3 Å². The van der Waals surface area contributed by atoms with Crippen molar-refractivity contribution in [3.8, 4) is 28.7 Å². The summed E-state index contributed by atoms with van der Waals surface area (Å²) in [5.74, 6) is 0.600. The van der Waals surface area contributed by atoms with E-state index in [2.05, 4.69) is 81.7 Å². The van der Waals surface area contributed by atoms with E-state index >= 15 is 0 Å². The summed E-state index contributed by atoms with van der Waals surface area (Å²) in [4.78, 5) is 139. The van der Waals surface area contributed by atoms with Crippen LogP contribution in [0.3, 0.4) is 0 Å². The van der Waals surface area contributed by atoms with Crippen LogP contribution in [-0.2, 0) is 35.0 Å². The summed E-state index contributed by atoms with van der Waals surface area (Å²) in [6.07, 6.45) is 20.8. The molecule has 0 radical (unpaired) electrons. The molecule has 37 nitrogen and oxygen atoms in total. The van der Waals surface area contributed by atoms with Crippen molar-refractivity contribution in [2.45, 2.75) is 254 Å². The van der Waals surface area contributed by atoms with Gasteiger partial charge in [0.25, 0.3) is 22.9 Å². The second-order valence-corrected chi connectivity index (χ2v) is 33.3. The Morgan fingerprint density at radius 3 is 1.25 bits per heavy atom. The summed E-state index contributed by atoms with van der Waals surface area (Å²) in [5, 5.41) is 28.0. The molecular weight excluding hydrogens is 1670 g/mol.